The second-order valence-electron chi connectivity index (χ2n) is 4.70. The molecule has 6 heteroatoms. The fraction of sp³-hybridized carbons (Fsp3) is 0.462. The summed E-state index contributed by atoms with van der Waals surface area (Å²) in [6.07, 6.45) is 0.222. The van der Waals surface area contributed by atoms with E-state index in [4.69, 9.17) is 16.3 Å². The quantitative estimate of drug-likeness (QED) is 0.894. The van der Waals surface area contributed by atoms with E-state index in [1.165, 1.54) is 4.90 Å². The summed E-state index contributed by atoms with van der Waals surface area (Å²) in [4.78, 5) is 13.4. The molecule has 1 aromatic carbocycles. The number of hydrogen-bond acceptors (Lipinski definition) is 3. The number of halogens is 1. The maximum Gasteiger partial charge on any atom is 0.321 e. The first-order valence-electron chi connectivity index (χ1n) is 6.13. The molecule has 0 bridgehead atoms. The lowest BCUT2D eigenvalue weighted by molar-refractivity contribution is 0.149. The number of benzene rings is 1. The highest BCUT2D eigenvalue weighted by Gasteiger charge is 2.20. The van der Waals surface area contributed by atoms with Crippen LogP contribution in [0, 0.1) is 0 Å². The van der Waals surface area contributed by atoms with E-state index in [9.17, 15) is 9.90 Å². The molecule has 0 aromatic heterocycles. The van der Waals surface area contributed by atoms with Crippen LogP contribution >= 0.6 is 11.6 Å². The molecular weight excluding hydrogens is 268 g/mol. The van der Waals surface area contributed by atoms with Crippen molar-refractivity contribution in [2.45, 2.75) is 19.4 Å². The van der Waals surface area contributed by atoms with Crippen LogP contribution in [0.3, 0.4) is 0 Å². The molecular formula is C13H17ClN2O3. The van der Waals surface area contributed by atoms with Gasteiger partial charge in [0.25, 0.3) is 0 Å². The van der Waals surface area contributed by atoms with Crippen LogP contribution in [-0.2, 0) is 6.42 Å². The summed E-state index contributed by atoms with van der Waals surface area (Å²) in [5, 5.41) is 12.6. The van der Waals surface area contributed by atoms with Gasteiger partial charge < -0.3 is 20.1 Å². The van der Waals surface area contributed by atoms with Gasteiger partial charge in [0.1, 0.15) is 5.75 Å². The van der Waals surface area contributed by atoms with E-state index in [0.717, 1.165) is 12.0 Å². The Labute approximate surface area is 117 Å². The monoisotopic (exact) mass is 284 g/mol. The Kier molecular flexibility index (Phi) is 4.17. The predicted molar refractivity (Wildman–Crippen MR) is 74.0 cm³/mol. The van der Waals surface area contributed by atoms with Gasteiger partial charge in [0, 0.05) is 30.6 Å². The third-order valence-corrected chi connectivity index (χ3v) is 3.09. The summed E-state index contributed by atoms with van der Waals surface area (Å²) >= 11 is 6.02. The molecule has 0 radical (unpaired) electrons. The van der Waals surface area contributed by atoms with Crippen molar-refractivity contribution in [2.75, 3.05) is 25.5 Å². The van der Waals surface area contributed by atoms with E-state index in [1.807, 2.05) is 6.07 Å². The minimum absolute atomic E-state index is 0.259. The largest absolute Gasteiger partial charge is 0.491 e. The van der Waals surface area contributed by atoms with Gasteiger partial charge in [-0.25, -0.2) is 4.79 Å². The minimum Gasteiger partial charge on any atom is -0.491 e. The normalized spacial score (nSPS) is 14.5. The number of hydrogen-bond donors (Lipinski definition) is 2. The van der Waals surface area contributed by atoms with Crippen LogP contribution in [0.25, 0.3) is 0 Å². The van der Waals surface area contributed by atoms with E-state index >= 15 is 0 Å². The van der Waals surface area contributed by atoms with E-state index in [1.54, 1.807) is 20.0 Å². The number of urea groups is 1. The number of carbonyl (C=O) groups excluding carboxylic acids is 1. The third kappa shape index (κ3) is 3.30. The van der Waals surface area contributed by atoms with Crippen LogP contribution in [0.5, 0.6) is 5.75 Å². The number of anilines is 1. The van der Waals surface area contributed by atoms with Crippen molar-refractivity contribution in [3.63, 3.8) is 0 Å². The zero-order valence-corrected chi connectivity index (χ0v) is 11.7. The average Bonchev–Trinajstić information content (AvgIpc) is 2.75. The van der Waals surface area contributed by atoms with E-state index in [0.29, 0.717) is 23.1 Å². The van der Waals surface area contributed by atoms with Crippen LogP contribution in [0.1, 0.15) is 12.5 Å². The zero-order chi connectivity index (χ0) is 14.0. The third-order valence-electron chi connectivity index (χ3n) is 2.87. The highest BCUT2D eigenvalue weighted by atomic mass is 35.5. The molecule has 0 unspecified atom stereocenters. The molecule has 19 heavy (non-hydrogen) atoms. The van der Waals surface area contributed by atoms with Gasteiger partial charge in [0.05, 0.1) is 18.4 Å². The molecule has 5 nitrogen and oxygen atoms in total. The first-order chi connectivity index (χ1) is 8.97. The lowest BCUT2D eigenvalue weighted by atomic mass is 10.1. The molecule has 0 spiro atoms. The second kappa shape index (κ2) is 5.67. The van der Waals surface area contributed by atoms with Crippen LogP contribution < -0.4 is 10.1 Å². The average molecular weight is 285 g/mol. The molecule has 0 fully saturated rings. The molecule has 2 amide bonds. The van der Waals surface area contributed by atoms with Crippen LogP contribution in [0.2, 0.25) is 5.02 Å². The number of amides is 2. The van der Waals surface area contributed by atoms with E-state index < -0.39 is 6.10 Å². The van der Waals surface area contributed by atoms with Gasteiger partial charge in [0.15, 0.2) is 0 Å². The van der Waals surface area contributed by atoms with Crippen molar-refractivity contribution in [2.24, 2.45) is 0 Å². The van der Waals surface area contributed by atoms with Crippen LogP contribution in [0.15, 0.2) is 12.1 Å². The van der Waals surface area contributed by atoms with Crippen molar-refractivity contribution in [1.82, 2.24) is 4.90 Å². The Balaban J connectivity index is 2.13. The molecule has 0 aliphatic carbocycles. The Bertz CT molecular complexity index is 491. The summed E-state index contributed by atoms with van der Waals surface area (Å²) < 4.78 is 5.51. The van der Waals surface area contributed by atoms with Gasteiger partial charge in [-0.1, -0.05) is 11.6 Å². The van der Waals surface area contributed by atoms with Crippen molar-refractivity contribution in [3.05, 3.63) is 22.7 Å². The molecule has 2 N–H and O–H groups in total. The van der Waals surface area contributed by atoms with Crippen molar-refractivity contribution < 1.29 is 14.6 Å². The van der Waals surface area contributed by atoms with Gasteiger partial charge in [0.2, 0.25) is 0 Å². The number of fused-ring (bicyclic) bond motifs is 1. The summed E-state index contributed by atoms with van der Waals surface area (Å²) in [6.45, 7) is 2.49. The smallest absolute Gasteiger partial charge is 0.321 e. The minimum atomic E-state index is -0.572. The number of nitrogens with one attached hydrogen (secondary N) is 1. The maximum absolute atomic E-state index is 12.0. The summed E-state index contributed by atoms with van der Waals surface area (Å²) in [6, 6.07) is 3.21. The number of nitrogens with zero attached hydrogens (tertiary/aromatic N) is 1. The maximum atomic E-state index is 12.0. The second-order valence-corrected chi connectivity index (χ2v) is 5.14. The topological polar surface area (TPSA) is 61.8 Å². The fourth-order valence-electron chi connectivity index (χ4n) is 2.05. The first kappa shape index (κ1) is 14.0. The fourth-order valence-corrected chi connectivity index (χ4v) is 2.29. The molecule has 104 valence electrons. The Morgan fingerprint density at radius 3 is 3.05 bits per heavy atom. The Hall–Kier alpha value is -1.46. The highest BCUT2D eigenvalue weighted by molar-refractivity contribution is 6.31. The lowest BCUT2D eigenvalue weighted by Crippen LogP contribution is -2.36. The molecule has 2 rings (SSSR count). The highest BCUT2D eigenvalue weighted by Crippen LogP contribution is 2.36. The summed E-state index contributed by atoms with van der Waals surface area (Å²) in [5.74, 6) is 0.684. The van der Waals surface area contributed by atoms with Crippen molar-refractivity contribution >= 4 is 23.3 Å². The molecule has 0 saturated carbocycles. The zero-order valence-electron chi connectivity index (χ0n) is 10.9. The molecule has 1 aliphatic heterocycles. The summed E-state index contributed by atoms with van der Waals surface area (Å²) in [7, 11) is 1.62. The summed E-state index contributed by atoms with van der Waals surface area (Å²) in [5.41, 5.74) is 1.57. The molecule has 1 aromatic rings. The van der Waals surface area contributed by atoms with Crippen LogP contribution in [0.4, 0.5) is 10.5 Å². The number of carbonyl (C=O) groups is 1. The van der Waals surface area contributed by atoms with Gasteiger partial charge in [-0.2, -0.15) is 0 Å². The standard InChI is InChI=1S/C13H17ClN2O3/c1-8(17)7-16(2)13(18)15-11-6-10(14)5-9-3-4-19-12(9)11/h5-6,8,17H,3-4,7H2,1-2H3,(H,15,18)/t8-/m0/s1. The van der Waals surface area contributed by atoms with Gasteiger partial charge in [-0.15, -0.1) is 0 Å². The number of aliphatic hydroxyl groups excluding tert-OH is 1. The van der Waals surface area contributed by atoms with Gasteiger partial charge in [-0.3, -0.25) is 0 Å². The molecule has 1 atom stereocenters. The molecule has 1 heterocycles. The van der Waals surface area contributed by atoms with Crippen molar-refractivity contribution in [3.8, 4) is 5.75 Å². The first-order valence-corrected chi connectivity index (χ1v) is 6.50. The number of likely N-dealkylation sites (N-methyl/N-ethyl adjacent to an activating group) is 1. The Morgan fingerprint density at radius 2 is 2.37 bits per heavy atom. The van der Waals surface area contributed by atoms with Gasteiger partial charge >= 0.3 is 6.03 Å². The van der Waals surface area contributed by atoms with Crippen LogP contribution in [-0.4, -0.2) is 42.3 Å². The number of ether oxygens (including phenoxy) is 1. The lowest BCUT2D eigenvalue weighted by Gasteiger charge is -2.20. The van der Waals surface area contributed by atoms with E-state index in [2.05, 4.69) is 5.32 Å². The predicted octanol–water partition coefficient (Wildman–Crippen LogP) is 2.12. The SMILES string of the molecule is C[C@H](O)CN(C)C(=O)Nc1cc(Cl)cc2c1OCC2. The molecule has 0 saturated heterocycles. The number of aliphatic hydroxyl groups is 1. The van der Waals surface area contributed by atoms with Gasteiger partial charge in [-0.05, 0) is 19.1 Å². The number of rotatable bonds is 3. The van der Waals surface area contributed by atoms with Crippen molar-refractivity contribution in [1.29, 1.82) is 0 Å². The van der Waals surface area contributed by atoms with E-state index in [-0.39, 0.29) is 12.6 Å². The Morgan fingerprint density at radius 1 is 1.63 bits per heavy atom. The molecule has 1 aliphatic rings.